The minimum Gasteiger partial charge on any atom is -0.399 e. The van der Waals surface area contributed by atoms with Gasteiger partial charge < -0.3 is 10.5 Å². The van der Waals surface area contributed by atoms with Crippen molar-refractivity contribution in [2.24, 2.45) is 0 Å². The Morgan fingerprint density at radius 3 is 2.94 bits per heavy atom. The summed E-state index contributed by atoms with van der Waals surface area (Å²) in [5.41, 5.74) is 5.97. The highest BCUT2D eigenvalue weighted by molar-refractivity contribution is 7.89. The fourth-order valence-corrected chi connectivity index (χ4v) is 3.23. The third-order valence-corrected chi connectivity index (χ3v) is 4.53. The van der Waals surface area contributed by atoms with Crippen LogP contribution >= 0.6 is 0 Å². The van der Waals surface area contributed by atoms with E-state index in [0.29, 0.717) is 5.69 Å². The van der Waals surface area contributed by atoms with Crippen LogP contribution < -0.4 is 5.73 Å². The number of benzene rings is 1. The molecule has 0 aliphatic carbocycles. The predicted molar refractivity (Wildman–Crippen MR) is 65.0 cm³/mol. The minimum atomic E-state index is -3.61. The molecule has 1 aliphatic rings. The molecular formula is C11H13N3O3S. The zero-order chi connectivity index (χ0) is 13.2. The number of rotatable bonds is 2. The first-order valence-electron chi connectivity index (χ1n) is 5.41. The Morgan fingerprint density at radius 2 is 2.28 bits per heavy atom. The fourth-order valence-electron chi connectivity index (χ4n) is 1.75. The lowest BCUT2D eigenvalue weighted by Crippen LogP contribution is -2.45. The standard InChI is InChI=1S/C11H13N3O3S/c12-7-10-8-14(4-5-17-10)18(15,16)11-3-1-2-9(13)6-11/h1-3,6,10H,4-5,8,13H2. The molecule has 18 heavy (non-hydrogen) atoms. The number of nitrogens with two attached hydrogens (primary N) is 1. The molecule has 96 valence electrons. The molecule has 2 N–H and O–H groups in total. The molecule has 0 radical (unpaired) electrons. The summed E-state index contributed by atoms with van der Waals surface area (Å²) in [7, 11) is -3.61. The van der Waals surface area contributed by atoms with Gasteiger partial charge in [0, 0.05) is 12.2 Å². The normalized spacial score (nSPS) is 21.4. The highest BCUT2D eigenvalue weighted by atomic mass is 32.2. The van der Waals surface area contributed by atoms with Crippen molar-refractivity contribution < 1.29 is 13.2 Å². The lowest BCUT2D eigenvalue weighted by atomic mass is 10.3. The maximum Gasteiger partial charge on any atom is 0.243 e. The Kier molecular flexibility index (Phi) is 3.52. The second kappa shape index (κ2) is 4.94. The third kappa shape index (κ3) is 2.46. The average molecular weight is 267 g/mol. The Balaban J connectivity index is 2.29. The maximum absolute atomic E-state index is 12.3. The second-order valence-corrected chi connectivity index (χ2v) is 5.86. The summed E-state index contributed by atoms with van der Waals surface area (Å²) < 4.78 is 31.0. The number of nitriles is 1. The van der Waals surface area contributed by atoms with Crippen molar-refractivity contribution in [2.75, 3.05) is 25.4 Å². The molecule has 1 unspecified atom stereocenters. The summed E-state index contributed by atoms with van der Waals surface area (Å²) in [5, 5.41) is 8.77. The van der Waals surface area contributed by atoms with Gasteiger partial charge in [-0.25, -0.2) is 8.42 Å². The van der Waals surface area contributed by atoms with Crippen molar-refractivity contribution in [2.45, 2.75) is 11.0 Å². The molecule has 1 saturated heterocycles. The SMILES string of the molecule is N#CC1CN(S(=O)(=O)c2cccc(N)c2)CCO1. The van der Waals surface area contributed by atoms with Crippen LogP contribution in [0.2, 0.25) is 0 Å². The lowest BCUT2D eigenvalue weighted by Gasteiger charge is -2.28. The summed E-state index contributed by atoms with van der Waals surface area (Å²) in [6.45, 7) is 0.517. The summed E-state index contributed by atoms with van der Waals surface area (Å²) in [4.78, 5) is 0.140. The monoisotopic (exact) mass is 267 g/mol. The smallest absolute Gasteiger partial charge is 0.243 e. The molecule has 0 spiro atoms. The number of anilines is 1. The van der Waals surface area contributed by atoms with Crippen LogP contribution in [-0.2, 0) is 14.8 Å². The molecular weight excluding hydrogens is 254 g/mol. The third-order valence-electron chi connectivity index (χ3n) is 2.67. The molecule has 1 aromatic carbocycles. The zero-order valence-electron chi connectivity index (χ0n) is 9.61. The van der Waals surface area contributed by atoms with Gasteiger partial charge in [-0.15, -0.1) is 0 Å². The van der Waals surface area contributed by atoms with Crippen LogP contribution in [0, 0.1) is 11.3 Å². The van der Waals surface area contributed by atoms with Crippen LogP contribution in [0.1, 0.15) is 0 Å². The van der Waals surface area contributed by atoms with Gasteiger partial charge >= 0.3 is 0 Å². The molecule has 7 heteroatoms. The van der Waals surface area contributed by atoms with Crippen molar-refractivity contribution in [3.63, 3.8) is 0 Å². The van der Waals surface area contributed by atoms with Gasteiger partial charge in [0.05, 0.1) is 24.1 Å². The van der Waals surface area contributed by atoms with Crippen LogP contribution in [0.3, 0.4) is 0 Å². The van der Waals surface area contributed by atoms with Gasteiger partial charge in [0.25, 0.3) is 0 Å². The number of nitrogens with zero attached hydrogens (tertiary/aromatic N) is 2. The highest BCUT2D eigenvalue weighted by Gasteiger charge is 2.30. The Bertz CT molecular complexity index is 579. The zero-order valence-corrected chi connectivity index (χ0v) is 10.4. The van der Waals surface area contributed by atoms with E-state index in [0.717, 1.165) is 0 Å². The van der Waals surface area contributed by atoms with Crippen molar-refractivity contribution in [3.8, 4) is 6.07 Å². The van der Waals surface area contributed by atoms with E-state index in [1.807, 2.05) is 6.07 Å². The van der Waals surface area contributed by atoms with Gasteiger partial charge in [-0.05, 0) is 18.2 Å². The molecule has 0 bridgehead atoms. The average Bonchev–Trinajstić information content (AvgIpc) is 2.39. The van der Waals surface area contributed by atoms with Gasteiger partial charge in [-0.2, -0.15) is 9.57 Å². The fraction of sp³-hybridized carbons (Fsp3) is 0.364. The van der Waals surface area contributed by atoms with Crippen molar-refractivity contribution in [1.29, 1.82) is 5.26 Å². The van der Waals surface area contributed by atoms with Gasteiger partial charge in [0.1, 0.15) is 0 Å². The minimum absolute atomic E-state index is 0.0492. The Hall–Kier alpha value is -1.62. The van der Waals surface area contributed by atoms with Crippen LogP contribution in [0.5, 0.6) is 0 Å². The molecule has 1 aromatic rings. The van der Waals surface area contributed by atoms with Crippen molar-refractivity contribution in [1.82, 2.24) is 4.31 Å². The predicted octanol–water partition coefficient (Wildman–Crippen LogP) is 0.182. The van der Waals surface area contributed by atoms with E-state index in [2.05, 4.69) is 0 Å². The molecule has 0 amide bonds. The lowest BCUT2D eigenvalue weighted by molar-refractivity contribution is 0.0311. The molecule has 1 heterocycles. The number of nitrogen functional groups attached to an aromatic ring is 1. The first-order valence-corrected chi connectivity index (χ1v) is 6.85. The highest BCUT2D eigenvalue weighted by Crippen LogP contribution is 2.20. The molecule has 6 nitrogen and oxygen atoms in total. The molecule has 1 atom stereocenters. The summed E-state index contributed by atoms with van der Waals surface area (Å²) in [5.74, 6) is 0. The van der Waals surface area contributed by atoms with Gasteiger partial charge in [-0.1, -0.05) is 6.07 Å². The summed E-state index contributed by atoms with van der Waals surface area (Å²) >= 11 is 0. The summed E-state index contributed by atoms with van der Waals surface area (Å²) in [6, 6.07) is 8.02. The van der Waals surface area contributed by atoms with Crippen molar-refractivity contribution in [3.05, 3.63) is 24.3 Å². The van der Waals surface area contributed by atoms with E-state index in [-0.39, 0.29) is 24.6 Å². The molecule has 2 rings (SSSR count). The Morgan fingerprint density at radius 1 is 1.50 bits per heavy atom. The molecule has 1 aliphatic heterocycles. The number of morpholine rings is 1. The summed E-state index contributed by atoms with van der Waals surface area (Å²) in [6.07, 6.45) is -0.713. The van der Waals surface area contributed by atoms with E-state index in [4.69, 9.17) is 15.7 Å². The van der Waals surface area contributed by atoms with Gasteiger partial charge in [0.2, 0.25) is 10.0 Å². The Labute approximate surface area is 106 Å². The van der Waals surface area contributed by atoms with Crippen LogP contribution in [-0.4, -0.2) is 38.5 Å². The van der Waals surface area contributed by atoms with E-state index < -0.39 is 16.1 Å². The van der Waals surface area contributed by atoms with Crippen LogP contribution in [0.25, 0.3) is 0 Å². The van der Waals surface area contributed by atoms with Crippen LogP contribution in [0.4, 0.5) is 5.69 Å². The van der Waals surface area contributed by atoms with E-state index in [1.54, 1.807) is 12.1 Å². The quantitative estimate of drug-likeness (QED) is 0.771. The van der Waals surface area contributed by atoms with Crippen LogP contribution in [0.15, 0.2) is 29.2 Å². The van der Waals surface area contributed by atoms with Crippen molar-refractivity contribution >= 4 is 15.7 Å². The number of hydrogen-bond acceptors (Lipinski definition) is 5. The largest absolute Gasteiger partial charge is 0.399 e. The first-order chi connectivity index (χ1) is 8.54. The second-order valence-electron chi connectivity index (χ2n) is 3.92. The topological polar surface area (TPSA) is 96.4 Å². The number of sulfonamides is 1. The number of hydrogen-bond donors (Lipinski definition) is 1. The van der Waals surface area contributed by atoms with E-state index in [9.17, 15) is 8.42 Å². The first kappa shape index (κ1) is 12.8. The van der Waals surface area contributed by atoms with Gasteiger partial charge in [-0.3, -0.25) is 0 Å². The number of ether oxygens (including phenoxy) is 1. The molecule has 0 saturated carbocycles. The molecule has 1 fully saturated rings. The van der Waals surface area contributed by atoms with Gasteiger partial charge in [0.15, 0.2) is 6.10 Å². The maximum atomic E-state index is 12.3. The molecule has 0 aromatic heterocycles. The van der Waals surface area contributed by atoms with E-state index in [1.165, 1.54) is 16.4 Å². The van der Waals surface area contributed by atoms with E-state index >= 15 is 0 Å².